The number of carbonyl (C=O) groups is 2. The lowest BCUT2D eigenvalue weighted by Crippen LogP contribution is -2.50. The summed E-state index contributed by atoms with van der Waals surface area (Å²) in [5.41, 5.74) is 0.150. The zero-order chi connectivity index (χ0) is 20.4. The molecule has 0 saturated carbocycles. The zero-order valence-corrected chi connectivity index (χ0v) is 16.9. The van der Waals surface area contributed by atoms with Gasteiger partial charge in [0.2, 0.25) is 0 Å². The van der Waals surface area contributed by atoms with Gasteiger partial charge in [-0.05, 0) is 39.8 Å². The summed E-state index contributed by atoms with van der Waals surface area (Å²) in [7, 11) is -2.47. The van der Waals surface area contributed by atoms with Crippen molar-refractivity contribution >= 4 is 21.9 Å². The fourth-order valence-corrected chi connectivity index (χ4v) is 4.17. The molecule has 7 nitrogen and oxygen atoms in total. The number of hydrogen-bond acceptors (Lipinski definition) is 6. The number of rotatable bonds is 4. The molecule has 27 heavy (non-hydrogen) atoms. The van der Waals surface area contributed by atoms with E-state index in [1.807, 2.05) is 6.92 Å². The van der Waals surface area contributed by atoms with E-state index in [2.05, 4.69) is 0 Å². The standard InChI is InChI=1S/C19H25NO6S/c1-13-6-9-15(10-7-13)27(23,24)12-14-8-11-16(17(21)25-5)20(14)18(22)26-19(2,3)4/h6-11,14,16H,12H2,1-5H3/t14-,16+/m0/s1. The molecule has 0 aromatic heterocycles. The first-order chi connectivity index (χ1) is 12.4. The van der Waals surface area contributed by atoms with Gasteiger partial charge in [0.15, 0.2) is 15.9 Å². The molecule has 8 heteroatoms. The normalized spacial score (nSPS) is 19.8. The molecule has 1 amide bonds. The van der Waals surface area contributed by atoms with E-state index in [-0.39, 0.29) is 10.6 Å². The summed E-state index contributed by atoms with van der Waals surface area (Å²) in [5, 5.41) is 0. The number of esters is 1. The summed E-state index contributed by atoms with van der Waals surface area (Å²) < 4.78 is 35.6. The molecule has 1 aliphatic heterocycles. The summed E-state index contributed by atoms with van der Waals surface area (Å²) in [6.07, 6.45) is 2.22. The van der Waals surface area contributed by atoms with Crippen LogP contribution in [0.3, 0.4) is 0 Å². The van der Waals surface area contributed by atoms with Gasteiger partial charge in [0, 0.05) is 0 Å². The van der Waals surface area contributed by atoms with E-state index < -0.39 is 39.6 Å². The minimum atomic E-state index is -3.68. The summed E-state index contributed by atoms with van der Waals surface area (Å²) in [5.74, 6) is -1.02. The van der Waals surface area contributed by atoms with Crippen molar-refractivity contribution < 1.29 is 27.5 Å². The number of benzene rings is 1. The number of hydrogen-bond donors (Lipinski definition) is 0. The average Bonchev–Trinajstić information content (AvgIpc) is 2.96. The van der Waals surface area contributed by atoms with Crippen molar-refractivity contribution in [3.05, 3.63) is 42.0 Å². The first-order valence-electron chi connectivity index (χ1n) is 8.51. The molecule has 2 atom stereocenters. The minimum absolute atomic E-state index is 0.159. The highest BCUT2D eigenvalue weighted by Gasteiger charge is 2.41. The minimum Gasteiger partial charge on any atom is -0.467 e. The van der Waals surface area contributed by atoms with E-state index in [0.717, 1.165) is 10.5 Å². The molecule has 0 aliphatic carbocycles. The number of carbonyl (C=O) groups excluding carboxylic acids is 2. The second-order valence-electron chi connectivity index (χ2n) is 7.40. The predicted octanol–water partition coefficient (Wildman–Crippen LogP) is 2.49. The molecule has 0 spiro atoms. The van der Waals surface area contributed by atoms with Crippen LogP contribution in [0, 0.1) is 6.92 Å². The van der Waals surface area contributed by atoms with Crippen LogP contribution in [-0.2, 0) is 24.1 Å². The van der Waals surface area contributed by atoms with E-state index in [1.165, 1.54) is 31.4 Å². The number of nitrogens with zero attached hydrogens (tertiary/aromatic N) is 1. The van der Waals surface area contributed by atoms with Gasteiger partial charge in [0.25, 0.3) is 0 Å². The molecular weight excluding hydrogens is 370 g/mol. The molecule has 1 aliphatic rings. The van der Waals surface area contributed by atoms with Crippen molar-refractivity contribution in [1.82, 2.24) is 4.90 Å². The van der Waals surface area contributed by atoms with Gasteiger partial charge in [-0.3, -0.25) is 4.90 Å². The molecule has 0 unspecified atom stereocenters. The van der Waals surface area contributed by atoms with Gasteiger partial charge in [0.1, 0.15) is 5.60 Å². The van der Waals surface area contributed by atoms with Crippen LogP contribution in [0.5, 0.6) is 0 Å². The van der Waals surface area contributed by atoms with E-state index >= 15 is 0 Å². The van der Waals surface area contributed by atoms with Crippen LogP contribution in [0.2, 0.25) is 0 Å². The van der Waals surface area contributed by atoms with Crippen molar-refractivity contribution in [1.29, 1.82) is 0 Å². The SMILES string of the molecule is COC(=O)[C@H]1C=C[C@@H](CS(=O)(=O)c2ccc(C)cc2)N1C(=O)OC(C)(C)C. The lowest BCUT2D eigenvalue weighted by Gasteiger charge is -2.31. The Balaban J connectivity index is 2.30. The fourth-order valence-electron chi connectivity index (χ4n) is 2.70. The van der Waals surface area contributed by atoms with Crippen LogP contribution in [0.1, 0.15) is 26.3 Å². The lowest BCUT2D eigenvalue weighted by atomic mass is 10.2. The molecular formula is C19H25NO6S. The third kappa shape index (κ3) is 5.09. The molecule has 0 N–H and O–H groups in total. The first-order valence-corrected chi connectivity index (χ1v) is 10.2. The van der Waals surface area contributed by atoms with Crippen molar-refractivity contribution in [2.75, 3.05) is 12.9 Å². The Bertz CT molecular complexity index is 836. The Morgan fingerprint density at radius 3 is 2.22 bits per heavy atom. The van der Waals surface area contributed by atoms with Gasteiger partial charge in [-0.1, -0.05) is 29.8 Å². The second kappa shape index (κ2) is 7.72. The molecule has 0 radical (unpaired) electrons. The van der Waals surface area contributed by atoms with E-state index in [9.17, 15) is 18.0 Å². The number of aryl methyl sites for hydroxylation is 1. The third-order valence-electron chi connectivity index (χ3n) is 3.99. The van der Waals surface area contributed by atoms with E-state index in [0.29, 0.717) is 0 Å². The van der Waals surface area contributed by atoms with Crippen LogP contribution in [0.4, 0.5) is 4.79 Å². The van der Waals surface area contributed by atoms with Gasteiger partial charge in [-0.2, -0.15) is 0 Å². The fraction of sp³-hybridized carbons (Fsp3) is 0.474. The molecule has 0 fully saturated rings. The topological polar surface area (TPSA) is 90.0 Å². The number of amides is 1. The number of ether oxygens (including phenoxy) is 2. The van der Waals surface area contributed by atoms with Crippen LogP contribution in [-0.4, -0.2) is 55.9 Å². The zero-order valence-electron chi connectivity index (χ0n) is 16.1. The molecule has 1 aromatic rings. The largest absolute Gasteiger partial charge is 0.467 e. The monoisotopic (exact) mass is 395 g/mol. The Hall–Kier alpha value is -2.35. The van der Waals surface area contributed by atoms with Crippen LogP contribution >= 0.6 is 0 Å². The summed E-state index contributed by atoms with van der Waals surface area (Å²) in [6.45, 7) is 6.94. The maximum atomic E-state index is 12.8. The Kier molecular flexibility index (Phi) is 5.99. The van der Waals surface area contributed by atoms with Crippen molar-refractivity contribution in [3.63, 3.8) is 0 Å². The highest BCUT2D eigenvalue weighted by molar-refractivity contribution is 7.91. The van der Waals surface area contributed by atoms with Gasteiger partial charge in [0.05, 0.1) is 23.8 Å². The predicted molar refractivity (Wildman–Crippen MR) is 100 cm³/mol. The average molecular weight is 395 g/mol. The highest BCUT2D eigenvalue weighted by atomic mass is 32.2. The Morgan fingerprint density at radius 1 is 1.11 bits per heavy atom. The molecule has 0 bridgehead atoms. The van der Waals surface area contributed by atoms with Crippen LogP contribution < -0.4 is 0 Å². The lowest BCUT2D eigenvalue weighted by molar-refractivity contribution is -0.144. The third-order valence-corrected chi connectivity index (χ3v) is 5.76. The highest BCUT2D eigenvalue weighted by Crippen LogP contribution is 2.25. The summed E-state index contributed by atoms with van der Waals surface area (Å²) in [6, 6.07) is 4.61. The maximum absolute atomic E-state index is 12.8. The second-order valence-corrected chi connectivity index (χ2v) is 9.44. The van der Waals surface area contributed by atoms with Crippen LogP contribution in [0.25, 0.3) is 0 Å². The Labute approximate surface area is 159 Å². The Morgan fingerprint density at radius 2 is 1.70 bits per heavy atom. The van der Waals surface area contributed by atoms with Gasteiger partial charge in [-0.25, -0.2) is 18.0 Å². The number of sulfone groups is 1. The van der Waals surface area contributed by atoms with Gasteiger partial charge in [-0.15, -0.1) is 0 Å². The van der Waals surface area contributed by atoms with Crippen molar-refractivity contribution in [3.8, 4) is 0 Å². The molecule has 1 heterocycles. The maximum Gasteiger partial charge on any atom is 0.411 e. The quantitative estimate of drug-likeness (QED) is 0.575. The van der Waals surface area contributed by atoms with Crippen LogP contribution in [0.15, 0.2) is 41.3 Å². The molecule has 1 aromatic carbocycles. The molecule has 2 rings (SSSR count). The summed E-state index contributed by atoms with van der Waals surface area (Å²) >= 11 is 0. The molecule has 148 valence electrons. The van der Waals surface area contributed by atoms with Crippen molar-refractivity contribution in [2.45, 2.75) is 50.3 Å². The molecule has 0 saturated heterocycles. The smallest absolute Gasteiger partial charge is 0.411 e. The summed E-state index contributed by atoms with van der Waals surface area (Å²) in [4.78, 5) is 25.9. The van der Waals surface area contributed by atoms with Gasteiger partial charge >= 0.3 is 12.1 Å². The van der Waals surface area contributed by atoms with Gasteiger partial charge < -0.3 is 9.47 Å². The van der Waals surface area contributed by atoms with Crippen molar-refractivity contribution in [2.24, 2.45) is 0 Å². The van der Waals surface area contributed by atoms with E-state index in [1.54, 1.807) is 32.9 Å². The van der Waals surface area contributed by atoms with E-state index in [4.69, 9.17) is 9.47 Å². The first kappa shape index (κ1) is 21.0. The number of methoxy groups -OCH3 is 1.